The van der Waals surface area contributed by atoms with Gasteiger partial charge in [0.25, 0.3) is 0 Å². The number of unbranched alkanes of at least 4 members (excludes halogenated alkanes) is 5. The highest BCUT2D eigenvalue weighted by molar-refractivity contribution is 8.01. The number of hydrogen-bond donors (Lipinski definition) is 3. The van der Waals surface area contributed by atoms with Gasteiger partial charge in [-0.15, -0.1) is 11.8 Å². The van der Waals surface area contributed by atoms with Crippen molar-refractivity contribution in [2.45, 2.75) is 56.8 Å². The van der Waals surface area contributed by atoms with E-state index < -0.39 is 23.3 Å². The second kappa shape index (κ2) is 9.22. The lowest BCUT2D eigenvalue weighted by molar-refractivity contribution is -0.155. The van der Waals surface area contributed by atoms with Gasteiger partial charge in [-0.2, -0.15) is 0 Å². The van der Waals surface area contributed by atoms with Crippen LogP contribution in [0.2, 0.25) is 0 Å². The minimum absolute atomic E-state index is 0.461. The predicted octanol–water partition coefficient (Wildman–Crippen LogP) is 2.33. The van der Waals surface area contributed by atoms with Gasteiger partial charge in [-0.3, -0.25) is 4.79 Å². The smallest absolute Gasteiger partial charge is 0.347 e. The lowest BCUT2D eigenvalue weighted by Gasteiger charge is -2.20. The van der Waals surface area contributed by atoms with Crippen molar-refractivity contribution >= 4 is 23.7 Å². The van der Waals surface area contributed by atoms with Crippen molar-refractivity contribution < 1.29 is 24.9 Å². The summed E-state index contributed by atoms with van der Waals surface area (Å²) in [4.78, 5) is 19.1. The van der Waals surface area contributed by atoms with E-state index in [4.69, 9.17) is 10.2 Å². The van der Waals surface area contributed by atoms with Crippen LogP contribution in [0.1, 0.15) is 51.9 Å². The lowest BCUT2D eigenvalue weighted by atomic mass is 10.1. The molecular formula is C12H22O5S. The van der Waals surface area contributed by atoms with Crippen LogP contribution in [0.3, 0.4) is 0 Å². The van der Waals surface area contributed by atoms with E-state index in [-0.39, 0.29) is 0 Å². The quantitative estimate of drug-likeness (QED) is 0.396. The van der Waals surface area contributed by atoms with Gasteiger partial charge >= 0.3 is 11.9 Å². The number of thioether (sulfide) groups is 1. The van der Waals surface area contributed by atoms with Gasteiger partial charge in [-0.05, 0) is 12.2 Å². The van der Waals surface area contributed by atoms with Crippen molar-refractivity contribution in [1.29, 1.82) is 0 Å². The first-order valence-corrected chi connectivity index (χ1v) is 7.22. The van der Waals surface area contributed by atoms with E-state index in [2.05, 4.69) is 6.92 Å². The van der Waals surface area contributed by atoms with Crippen LogP contribution in [-0.2, 0) is 9.59 Å². The Morgan fingerprint density at radius 2 is 1.61 bits per heavy atom. The van der Waals surface area contributed by atoms with E-state index in [1.165, 1.54) is 19.3 Å². The van der Waals surface area contributed by atoms with E-state index in [9.17, 15) is 14.7 Å². The summed E-state index contributed by atoms with van der Waals surface area (Å²) in [6, 6.07) is 0. The van der Waals surface area contributed by atoms with E-state index in [1.54, 1.807) is 0 Å². The van der Waals surface area contributed by atoms with Crippen LogP contribution < -0.4 is 0 Å². The minimum Gasteiger partial charge on any atom is -0.481 e. The second-order valence-electron chi connectivity index (χ2n) is 4.28. The Labute approximate surface area is 112 Å². The van der Waals surface area contributed by atoms with Gasteiger partial charge < -0.3 is 15.3 Å². The number of hydrogen-bond acceptors (Lipinski definition) is 4. The lowest BCUT2D eigenvalue weighted by Crippen LogP contribution is -2.37. The fourth-order valence-corrected chi connectivity index (χ4v) is 2.55. The number of carboxylic acids is 2. The number of carboxylic acid groups (broad SMARTS) is 2. The van der Waals surface area contributed by atoms with E-state index >= 15 is 0 Å². The summed E-state index contributed by atoms with van der Waals surface area (Å²) in [6.45, 7) is 2.13. The zero-order chi connectivity index (χ0) is 14.0. The van der Waals surface area contributed by atoms with Gasteiger partial charge in [0.1, 0.15) is 0 Å². The summed E-state index contributed by atoms with van der Waals surface area (Å²) in [7, 11) is 0. The molecule has 0 spiro atoms. The van der Waals surface area contributed by atoms with E-state index in [0.29, 0.717) is 5.75 Å². The van der Waals surface area contributed by atoms with Crippen LogP contribution in [0.5, 0.6) is 0 Å². The highest BCUT2D eigenvalue weighted by Gasteiger charge is 2.38. The Hall–Kier alpha value is -0.750. The molecule has 0 amide bonds. The third kappa shape index (κ3) is 7.55. The Balaban J connectivity index is 3.84. The van der Waals surface area contributed by atoms with Crippen molar-refractivity contribution in [3.63, 3.8) is 0 Å². The summed E-state index contributed by atoms with van der Waals surface area (Å²) >= 11 is 0.799. The maximum absolute atomic E-state index is 10.8. The number of carbonyl (C=O) groups is 2. The molecule has 0 radical (unpaired) electrons. The summed E-state index contributed by atoms with van der Waals surface area (Å²) in [5.41, 5.74) is 0. The molecule has 0 rings (SSSR count). The van der Waals surface area contributed by atoms with Crippen molar-refractivity contribution in [3.8, 4) is 0 Å². The summed E-state index contributed by atoms with van der Waals surface area (Å²) in [5.74, 6) is -2.33. The average molecular weight is 278 g/mol. The van der Waals surface area contributed by atoms with Crippen molar-refractivity contribution in [1.82, 2.24) is 0 Å². The Morgan fingerprint density at radius 3 is 2.11 bits per heavy atom. The standard InChI is InChI=1S/C12H22O5S/c1-2-3-4-5-6-7-8-18-12(17,11(15)16)9-10(13)14/h17H,2-9H2,1H3,(H,13,14)(H,15,16). The Kier molecular flexibility index (Phi) is 8.83. The molecule has 0 aliphatic heterocycles. The van der Waals surface area contributed by atoms with Gasteiger partial charge in [0.15, 0.2) is 0 Å². The minimum atomic E-state index is -2.20. The zero-order valence-electron chi connectivity index (χ0n) is 10.7. The first-order valence-electron chi connectivity index (χ1n) is 6.24. The molecule has 0 aromatic rings. The molecule has 0 saturated heterocycles. The molecule has 18 heavy (non-hydrogen) atoms. The highest BCUT2D eigenvalue weighted by Crippen LogP contribution is 2.28. The fourth-order valence-electron chi connectivity index (χ4n) is 1.52. The summed E-state index contributed by atoms with van der Waals surface area (Å²) in [6.07, 6.45) is 5.64. The van der Waals surface area contributed by atoms with Gasteiger partial charge in [-0.25, -0.2) is 4.79 Å². The molecule has 6 heteroatoms. The molecule has 1 atom stereocenters. The zero-order valence-corrected chi connectivity index (χ0v) is 11.5. The van der Waals surface area contributed by atoms with E-state index in [0.717, 1.165) is 31.0 Å². The fraction of sp³-hybridized carbons (Fsp3) is 0.833. The third-order valence-electron chi connectivity index (χ3n) is 2.56. The summed E-state index contributed by atoms with van der Waals surface area (Å²) < 4.78 is 0. The molecule has 0 heterocycles. The molecule has 5 nitrogen and oxygen atoms in total. The molecule has 0 aromatic heterocycles. The molecule has 0 bridgehead atoms. The van der Waals surface area contributed by atoms with Gasteiger partial charge in [0, 0.05) is 0 Å². The van der Waals surface area contributed by atoms with Crippen LogP contribution >= 0.6 is 11.8 Å². The Morgan fingerprint density at radius 1 is 1.06 bits per heavy atom. The van der Waals surface area contributed by atoms with Crippen molar-refractivity contribution in [2.75, 3.05) is 5.75 Å². The normalized spacial score (nSPS) is 14.1. The molecule has 0 fully saturated rings. The van der Waals surface area contributed by atoms with Crippen molar-refractivity contribution in [2.24, 2.45) is 0 Å². The molecule has 0 saturated carbocycles. The third-order valence-corrected chi connectivity index (χ3v) is 3.85. The second-order valence-corrected chi connectivity index (χ2v) is 5.65. The maximum Gasteiger partial charge on any atom is 0.347 e. The molecule has 106 valence electrons. The molecule has 0 aliphatic rings. The maximum atomic E-state index is 10.8. The number of aliphatic carboxylic acids is 2. The van der Waals surface area contributed by atoms with Crippen LogP contribution in [0.15, 0.2) is 0 Å². The van der Waals surface area contributed by atoms with Gasteiger partial charge in [0.2, 0.25) is 4.93 Å². The number of rotatable bonds is 11. The van der Waals surface area contributed by atoms with Crippen LogP contribution in [-0.4, -0.2) is 37.9 Å². The molecule has 3 N–H and O–H groups in total. The predicted molar refractivity (Wildman–Crippen MR) is 70.7 cm³/mol. The SMILES string of the molecule is CCCCCCCCSC(O)(CC(=O)O)C(=O)O. The average Bonchev–Trinajstić information content (AvgIpc) is 2.26. The molecule has 0 aromatic carbocycles. The highest BCUT2D eigenvalue weighted by atomic mass is 32.2. The number of aliphatic hydroxyl groups is 1. The van der Waals surface area contributed by atoms with Crippen LogP contribution in [0.4, 0.5) is 0 Å². The van der Waals surface area contributed by atoms with E-state index in [1.807, 2.05) is 0 Å². The van der Waals surface area contributed by atoms with Crippen LogP contribution in [0.25, 0.3) is 0 Å². The van der Waals surface area contributed by atoms with Gasteiger partial charge in [-0.1, -0.05) is 39.0 Å². The first kappa shape index (κ1) is 17.2. The summed E-state index contributed by atoms with van der Waals surface area (Å²) in [5, 5.41) is 27.1. The topological polar surface area (TPSA) is 94.8 Å². The van der Waals surface area contributed by atoms with Crippen molar-refractivity contribution in [3.05, 3.63) is 0 Å². The Bertz CT molecular complexity index is 269. The van der Waals surface area contributed by atoms with Crippen LogP contribution in [0, 0.1) is 0 Å². The first-order chi connectivity index (χ1) is 8.42. The molecule has 0 aliphatic carbocycles. The molecule has 1 unspecified atom stereocenters. The van der Waals surface area contributed by atoms with Gasteiger partial charge in [0.05, 0.1) is 6.42 Å². The largest absolute Gasteiger partial charge is 0.481 e. The monoisotopic (exact) mass is 278 g/mol. The molecular weight excluding hydrogens is 256 g/mol.